The smallest absolute Gasteiger partial charge is 0.101 e. The fraction of sp³-hybridized carbons (Fsp3) is 0.154. The minimum absolute atomic E-state index is 0.451. The summed E-state index contributed by atoms with van der Waals surface area (Å²) >= 11 is 1.57. The van der Waals surface area contributed by atoms with Crippen molar-refractivity contribution in [1.29, 1.82) is 0 Å². The molecule has 2 rings (SSSR count). The number of nitrogens with zero attached hydrogens (tertiary/aromatic N) is 1. The van der Waals surface area contributed by atoms with Gasteiger partial charge in [-0.2, -0.15) is 0 Å². The van der Waals surface area contributed by atoms with Crippen LogP contribution in [0.25, 0.3) is 0 Å². The zero-order chi connectivity index (χ0) is 11.4. The summed E-state index contributed by atoms with van der Waals surface area (Å²) in [6, 6.07) is 13.7. The maximum atomic E-state index is 9.65. The van der Waals surface area contributed by atoms with E-state index in [1.807, 2.05) is 42.5 Å². The van der Waals surface area contributed by atoms with E-state index in [0.717, 1.165) is 15.5 Å². The molecule has 3 heteroatoms. The van der Waals surface area contributed by atoms with Crippen LogP contribution < -0.4 is 0 Å². The highest BCUT2D eigenvalue weighted by atomic mass is 32.2. The molecule has 1 aromatic carbocycles. The largest absolute Gasteiger partial charge is 0.389 e. The molecule has 1 heterocycles. The molecule has 0 radical (unpaired) electrons. The summed E-state index contributed by atoms with van der Waals surface area (Å²) < 4.78 is 0. The van der Waals surface area contributed by atoms with Crippen molar-refractivity contribution in [2.75, 3.05) is 0 Å². The monoisotopic (exact) mass is 231 g/mol. The number of aliphatic hydroxyl groups excluding tert-OH is 1. The highest BCUT2D eigenvalue weighted by molar-refractivity contribution is 7.99. The van der Waals surface area contributed by atoms with Crippen LogP contribution in [0.15, 0.2) is 58.6 Å². The maximum absolute atomic E-state index is 9.65. The van der Waals surface area contributed by atoms with Gasteiger partial charge in [-0.25, -0.2) is 4.98 Å². The van der Waals surface area contributed by atoms with Gasteiger partial charge in [0.25, 0.3) is 0 Å². The van der Waals surface area contributed by atoms with Crippen molar-refractivity contribution < 1.29 is 5.11 Å². The molecule has 0 bridgehead atoms. The van der Waals surface area contributed by atoms with Crippen LogP contribution >= 0.6 is 11.8 Å². The SMILES string of the molecule is C[C@H](O)c1ccccc1Sc1ccccn1. The van der Waals surface area contributed by atoms with Crippen molar-refractivity contribution in [3.63, 3.8) is 0 Å². The molecule has 16 heavy (non-hydrogen) atoms. The van der Waals surface area contributed by atoms with Crippen LogP contribution in [0.2, 0.25) is 0 Å². The predicted molar refractivity (Wildman–Crippen MR) is 65.4 cm³/mol. The molecule has 0 saturated heterocycles. The van der Waals surface area contributed by atoms with E-state index in [1.165, 1.54) is 0 Å². The molecule has 0 unspecified atom stereocenters. The lowest BCUT2D eigenvalue weighted by Gasteiger charge is -2.10. The Kier molecular flexibility index (Phi) is 3.59. The summed E-state index contributed by atoms with van der Waals surface area (Å²) in [5.74, 6) is 0. The second kappa shape index (κ2) is 5.14. The molecule has 0 fully saturated rings. The number of rotatable bonds is 3. The molecular weight excluding hydrogens is 218 g/mol. The summed E-state index contributed by atoms with van der Waals surface area (Å²) in [6.45, 7) is 1.78. The molecule has 0 spiro atoms. The third kappa shape index (κ3) is 2.62. The van der Waals surface area contributed by atoms with E-state index in [4.69, 9.17) is 0 Å². The van der Waals surface area contributed by atoms with Crippen molar-refractivity contribution in [2.45, 2.75) is 22.9 Å². The fourth-order valence-corrected chi connectivity index (χ4v) is 2.43. The molecule has 1 N–H and O–H groups in total. The average molecular weight is 231 g/mol. The van der Waals surface area contributed by atoms with Crippen LogP contribution in [0.3, 0.4) is 0 Å². The topological polar surface area (TPSA) is 33.1 Å². The number of hydrogen-bond acceptors (Lipinski definition) is 3. The van der Waals surface area contributed by atoms with E-state index in [0.29, 0.717) is 0 Å². The van der Waals surface area contributed by atoms with Crippen molar-refractivity contribution in [2.24, 2.45) is 0 Å². The number of aliphatic hydroxyl groups is 1. The summed E-state index contributed by atoms with van der Waals surface area (Å²) in [6.07, 6.45) is 1.32. The van der Waals surface area contributed by atoms with Gasteiger partial charge >= 0.3 is 0 Å². The minimum atomic E-state index is -0.451. The zero-order valence-electron chi connectivity index (χ0n) is 9.00. The molecule has 82 valence electrons. The molecule has 2 nitrogen and oxygen atoms in total. The van der Waals surface area contributed by atoms with E-state index >= 15 is 0 Å². The van der Waals surface area contributed by atoms with Gasteiger partial charge in [-0.1, -0.05) is 36.0 Å². The molecule has 0 aliphatic heterocycles. The van der Waals surface area contributed by atoms with Crippen LogP contribution in [0.4, 0.5) is 0 Å². The molecule has 0 amide bonds. The first-order chi connectivity index (χ1) is 7.77. The third-order valence-electron chi connectivity index (χ3n) is 2.22. The Morgan fingerprint density at radius 1 is 1.12 bits per heavy atom. The van der Waals surface area contributed by atoms with Gasteiger partial charge in [0.2, 0.25) is 0 Å². The number of pyridine rings is 1. The number of benzene rings is 1. The van der Waals surface area contributed by atoms with Crippen LogP contribution in [0.1, 0.15) is 18.6 Å². The van der Waals surface area contributed by atoms with Crippen LogP contribution in [-0.2, 0) is 0 Å². The highest BCUT2D eigenvalue weighted by Crippen LogP contribution is 2.31. The lowest BCUT2D eigenvalue weighted by Crippen LogP contribution is -1.93. The fourth-order valence-electron chi connectivity index (χ4n) is 1.44. The Labute approximate surface area is 99.4 Å². The summed E-state index contributed by atoms with van der Waals surface area (Å²) in [4.78, 5) is 5.31. The summed E-state index contributed by atoms with van der Waals surface area (Å²) in [5, 5.41) is 10.6. The van der Waals surface area contributed by atoms with Crippen molar-refractivity contribution >= 4 is 11.8 Å². The lowest BCUT2D eigenvalue weighted by atomic mass is 10.1. The Balaban J connectivity index is 2.28. The van der Waals surface area contributed by atoms with Crippen LogP contribution in [0, 0.1) is 0 Å². The summed E-state index contributed by atoms with van der Waals surface area (Å²) in [5.41, 5.74) is 0.943. The molecule has 1 aromatic heterocycles. The Morgan fingerprint density at radius 3 is 2.56 bits per heavy atom. The number of hydrogen-bond donors (Lipinski definition) is 1. The van der Waals surface area contributed by atoms with Crippen molar-refractivity contribution in [3.05, 3.63) is 54.2 Å². The Morgan fingerprint density at radius 2 is 1.88 bits per heavy atom. The molecule has 1 atom stereocenters. The normalized spacial score (nSPS) is 12.4. The predicted octanol–water partition coefficient (Wildman–Crippen LogP) is 3.29. The standard InChI is InChI=1S/C13H13NOS/c1-10(15)11-6-2-3-7-12(11)16-13-8-4-5-9-14-13/h2-10,15H,1H3/t10-/m0/s1. The second-order valence-electron chi connectivity index (χ2n) is 3.48. The van der Waals surface area contributed by atoms with Gasteiger partial charge in [-0.05, 0) is 30.7 Å². The first-order valence-corrected chi connectivity index (χ1v) is 5.95. The van der Waals surface area contributed by atoms with E-state index in [9.17, 15) is 5.11 Å². The van der Waals surface area contributed by atoms with Gasteiger partial charge in [-0.15, -0.1) is 0 Å². The minimum Gasteiger partial charge on any atom is -0.389 e. The van der Waals surface area contributed by atoms with Crippen molar-refractivity contribution in [3.8, 4) is 0 Å². The van der Waals surface area contributed by atoms with Gasteiger partial charge in [0.15, 0.2) is 0 Å². The van der Waals surface area contributed by atoms with Crippen LogP contribution in [-0.4, -0.2) is 10.1 Å². The van der Waals surface area contributed by atoms with Gasteiger partial charge < -0.3 is 5.11 Å². The Bertz CT molecular complexity index is 456. The van der Waals surface area contributed by atoms with Gasteiger partial charge in [0.05, 0.1) is 6.10 Å². The van der Waals surface area contributed by atoms with Gasteiger partial charge in [0.1, 0.15) is 5.03 Å². The molecule has 2 aromatic rings. The van der Waals surface area contributed by atoms with Gasteiger partial charge in [0, 0.05) is 11.1 Å². The van der Waals surface area contributed by atoms with E-state index in [2.05, 4.69) is 4.98 Å². The molecular formula is C13H13NOS. The molecule has 0 saturated carbocycles. The third-order valence-corrected chi connectivity index (χ3v) is 3.26. The molecule has 0 aliphatic carbocycles. The first kappa shape index (κ1) is 11.2. The van der Waals surface area contributed by atoms with Crippen molar-refractivity contribution in [1.82, 2.24) is 4.98 Å². The van der Waals surface area contributed by atoms with Gasteiger partial charge in [-0.3, -0.25) is 0 Å². The van der Waals surface area contributed by atoms with E-state index in [-0.39, 0.29) is 0 Å². The maximum Gasteiger partial charge on any atom is 0.101 e. The quantitative estimate of drug-likeness (QED) is 0.880. The van der Waals surface area contributed by atoms with E-state index in [1.54, 1.807) is 24.9 Å². The number of aromatic nitrogens is 1. The second-order valence-corrected chi connectivity index (χ2v) is 4.55. The Hall–Kier alpha value is -1.32. The summed E-state index contributed by atoms with van der Waals surface area (Å²) in [7, 11) is 0. The first-order valence-electron chi connectivity index (χ1n) is 5.13. The highest BCUT2D eigenvalue weighted by Gasteiger charge is 2.08. The van der Waals surface area contributed by atoms with Crippen LogP contribution in [0.5, 0.6) is 0 Å². The van der Waals surface area contributed by atoms with E-state index < -0.39 is 6.10 Å². The molecule has 0 aliphatic rings. The lowest BCUT2D eigenvalue weighted by molar-refractivity contribution is 0.196. The zero-order valence-corrected chi connectivity index (χ0v) is 9.82. The average Bonchev–Trinajstić information content (AvgIpc) is 2.31.